The van der Waals surface area contributed by atoms with Crippen LogP contribution in [0.2, 0.25) is 0 Å². The zero-order valence-corrected chi connectivity index (χ0v) is 12.6. The lowest BCUT2D eigenvalue weighted by Crippen LogP contribution is -2.18. The number of aryl methyl sites for hydroxylation is 1. The van der Waals surface area contributed by atoms with E-state index in [0.717, 1.165) is 5.69 Å². The van der Waals surface area contributed by atoms with Gasteiger partial charge in [0.25, 0.3) is 11.2 Å². The molecule has 0 radical (unpaired) electrons. The maximum absolute atomic E-state index is 12.1. The number of nitrogens with zero attached hydrogens (tertiary/aromatic N) is 3. The van der Waals surface area contributed by atoms with Gasteiger partial charge < -0.3 is 9.88 Å². The number of non-ortho nitro benzene ring substituents is 1. The Morgan fingerprint density at radius 2 is 2.13 bits per heavy atom. The van der Waals surface area contributed by atoms with Crippen molar-refractivity contribution in [3.63, 3.8) is 0 Å². The summed E-state index contributed by atoms with van der Waals surface area (Å²) in [6, 6.07) is 7.58. The third kappa shape index (κ3) is 2.66. The number of hydrogen-bond acceptors (Lipinski definition) is 5. The van der Waals surface area contributed by atoms with Crippen molar-refractivity contribution in [2.24, 2.45) is 7.05 Å². The lowest BCUT2D eigenvalue weighted by atomic mass is 10.1. The average Bonchev–Trinajstić information content (AvgIpc) is 3.06. The first kappa shape index (κ1) is 14.8. The SMILES string of the molecule is CC(Nc1cc(=O)n(C)c2ccc([N+](=O)[O-])cc12)c1ccn[nH]1. The predicted octanol–water partition coefficient (Wildman–Crippen LogP) is 2.34. The maximum atomic E-state index is 12.1. The van der Waals surface area contributed by atoms with E-state index in [1.165, 1.54) is 22.8 Å². The number of nitro benzene ring substituents is 1. The fourth-order valence-corrected chi connectivity index (χ4v) is 2.50. The van der Waals surface area contributed by atoms with Crippen LogP contribution >= 0.6 is 0 Å². The monoisotopic (exact) mass is 313 g/mol. The van der Waals surface area contributed by atoms with E-state index in [2.05, 4.69) is 15.5 Å². The predicted molar refractivity (Wildman–Crippen MR) is 86.5 cm³/mol. The zero-order valence-electron chi connectivity index (χ0n) is 12.6. The summed E-state index contributed by atoms with van der Waals surface area (Å²) in [5.41, 5.74) is 1.82. The Balaban J connectivity index is 2.14. The fourth-order valence-electron chi connectivity index (χ4n) is 2.50. The number of aromatic amines is 1. The first-order valence-electron chi connectivity index (χ1n) is 7.01. The molecule has 1 unspecified atom stereocenters. The van der Waals surface area contributed by atoms with Gasteiger partial charge in [-0.2, -0.15) is 5.10 Å². The van der Waals surface area contributed by atoms with E-state index in [1.807, 2.05) is 13.0 Å². The van der Waals surface area contributed by atoms with Crippen molar-refractivity contribution in [1.82, 2.24) is 14.8 Å². The molecule has 0 saturated heterocycles. The average molecular weight is 313 g/mol. The second kappa shape index (κ2) is 5.56. The van der Waals surface area contributed by atoms with Crippen LogP contribution in [0.15, 0.2) is 41.3 Å². The smallest absolute Gasteiger partial charge is 0.270 e. The summed E-state index contributed by atoms with van der Waals surface area (Å²) in [6.45, 7) is 1.91. The lowest BCUT2D eigenvalue weighted by Gasteiger charge is -2.16. The van der Waals surface area contributed by atoms with Crippen LogP contribution in [0.3, 0.4) is 0 Å². The minimum absolute atomic E-state index is 0.0200. The molecule has 0 amide bonds. The molecule has 118 valence electrons. The Hall–Kier alpha value is -3.16. The Morgan fingerprint density at radius 3 is 2.78 bits per heavy atom. The first-order chi connectivity index (χ1) is 11.0. The molecule has 8 nitrogen and oxygen atoms in total. The van der Waals surface area contributed by atoms with Crippen LogP contribution in [0.4, 0.5) is 11.4 Å². The molecule has 0 aliphatic rings. The molecule has 8 heteroatoms. The molecule has 2 aromatic heterocycles. The summed E-state index contributed by atoms with van der Waals surface area (Å²) >= 11 is 0. The highest BCUT2D eigenvalue weighted by molar-refractivity contribution is 5.93. The van der Waals surface area contributed by atoms with E-state index >= 15 is 0 Å². The van der Waals surface area contributed by atoms with Crippen molar-refractivity contribution in [2.45, 2.75) is 13.0 Å². The summed E-state index contributed by atoms with van der Waals surface area (Å²) in [4.78, 5) is 22.7. The summed E-state index contributed by atoms with van der Waals surface area (Å²) < 4.78 is 1.46. The molecule has 0 fully saturated rings. The second-order valence-corrected chi connectivity index (χ2v) is 5.29. The van der Waals surface area contributed by atoms with Crippen molar-refractivity contribution >= 4 is 22.3 Å². The van der Waals surface area contributed by atoms with Crippen LogP contribution in [-0.2, 0) is 7.05 Å². The van der Waals surface area contributed by atoms with Crippen molar-refractivity contribution in [2.75, 3.05) is 5.32 Å². The second-order valence-electron chi connectivity index (χ2n) is 5.29. The van der Waals surface area contributed by atoms with E-state index < -0.39 is 4.92 Å². The van der Waals surface area contributed by atoms with Gasteiger partial charge in [-0.15, -0.1) is 0 Å². The molecule has 1 aromatic carbocycles. The number of fused-ring (bicyclic) bond motifs is 1. The number of pyridine rings is 1. The summed E-state index contributed by atoms with van der Waals surface area (Å²) in [5.74, 6) is 0. The highest BCUT2D eigenvalue weighted by Crippen LogP contribution is 2.28. The van der Waals surface area contributed by atoms with Gasteiger partial charge in [0.15, 0.2) is 0 Å². The van der Waals surface area contributed by atoms with Gasteiger partial charge in [0.05, 0.1) is 22.2 Å². The molecule has 2 heterocycles. The third-order valence-corrected chi connectivity index (χ3v) is 3.80. The number of nitrogens with one attached hydrogen (secondary N) is 2. The Kier molecular flexibility index (Phi) is 3.57. The normalized spacial score (nSPS) is 12.3. The van der Waals surface area contributed by atoms with Gasteiger partial charge in [-0.25, -0.2) is 0 Å². The minimum atomic E-state index is -0.452. The van der Waals surface area contributed by atoms with E-state index in [-0.39, 0.29) is 17.3 Å². The van der Waals surface area contributed by atoms with Gasteiger partial charge in [-0.3, -0.25) is 20.0 Å². The highest BCUT2D eigenvalue weighted by Gasteiger charge is 2.14. The number of aromatic nitrogens is 3. The van der Waals surface area contributed by atoms with E-state index in [4.69, 9.17) is 0 Å². The Labute approximate surface area is 130 Å². The van der Waals surface area contributed by atoms with Gasteiger partial charge in [-0.1, -0.05) is 0 Å². The number of benzene rings is 1. The first-order valence-corrected chi connectivity index (χ1v) is 7.01. The van der Waals surface area contributed by atoms with E-state index in [1.54, 1.807) is 19.3 Å². The Morgan fingerprint density at radius 1 is 1.35 bits per heavy atom. The molecule has 2 N–H and O–H groups in total. The molecule has 23 heavy (non-hydrogen) atoms. The van der Waals surface area contributed by atoms with E-state index in [9.17, 15) is 14.9 Å². The molecule has 0 spiro atoms. The van der Waals surface area contributed by atoms with Crippen molar-refractivity contribution < 1.29 is 4.92 Å². The third-order valence-electron chi connectivity index (χ3n) is 3.80. The van der Waals surface area contributed by atoms with Crippen LogP contribution in [0.25, 0.3) is 10.9 Å². The largest absolute Gasteiger partial charge is 0.376 e. The van der Waals surface area contributed by atoms with Crippen molar-refractivity contribution in [3.05, 3.63) is 62.7 Å². The van der Waals surface area contributed by atoms with Gasteiger partial charge in [0, 0.05) is 42.5 Å². The van der Waals surface area contributed by atoms with Crippen LogP contribution in [0, 0.1) is 10.1 Å². The van der Waals surface area contributed by atoms with Gasteiger partial charge in [0.2, 0.25) is 0 Å². The summed E-state index contributed by atoms with van der Waals surface area (Å²) in [6.07, 6.45) is 1.64. The molecule has 3 aromatic rings. The molecule has 0 saturated carbocycles. The lowest BCUT2D eigenvalue weighted by molar-refractivity contribution is -0.384. The van der Waals surface area contributed by atoms with Crippen LogP contribution in [0.5, 0.6) is 0 Å². The van der Waals surface area contributed by atoms with Crippen molar-refractivity contribution in [3.8, 4) is 0 Å². The fraction of sp³-hybridized carbons (Fsp3) is 0.200. The summed E-state index contributed by atoms with van der Waals surface area (Å²) in [7, 11) is 1.64. The molecule has 1 atom stereocenters. The van der Waals surface area contributed by atoms with E-state index in [0.29, 0.717) is 16.6 Å². The van der Waals surface area contributed by atoms with Crippen LogP contribution in [0.1, 0.15) is 18.7 Å². The Bertz CT molecular complexity index is 930. The quantitative estimate of drug-likeness (QED) is 0.568. The number of hydrogen-bond donors (Lipinski definition) is 2. The maximum Gasteiger partial charge on any atom is 0.270 e. The molecule has 0 bridgehead atoms. The topological polar surface area (TPSA) is 106 Å². The number of anilines is 1. The zero-order chi connectivity index (χ0) is 16.6. The van der Waals surface area contributed by atoms with Crippen LogP contribution < -0.4 is 10.9 Å². The van der Waals surface area contributed by atoms with Gasteiger partial charge in [0.1, 0.15) is 0 Å². The molecule has 0 aliphatic carbocycles. The molecule has 3 rings (SSSR count). The number of nitro groups is 1. The number of H-pyrrole nitrogens is 1. The molecule has 0 aliphatic heterocycles. The van der Waals surface area contributed by atoms with Gasteiger partial charge in [-0.05, 0) is 19.1 Å². The summed E-state index contributed by atoms with van der Waals surface area (Å²) in [5, 5.41) is 21.6. The highest BCUT2D eigenvalue weighted by atomic mass is 16.6. The number of rotatable bonds is 4. The standard InChI is InChI=1S/C15H15N5O3/c1-9(12-5-6-16-18-12)17-13-8-15(21)19(2)14-4-3-10(20(22)23)7-11(13)14/h3-9,17H,1-2H3,(H,16,18). The van der Waals surface area contributed by atoms with Crippen molar-refractivity contribution in [1.29, 1.82) is 0 Å². The van der Waals surface area contributed by atoms with Gasteiger partial charge >= 0.3 is 0 Å². The molecular formula is C15H15N5O3. The minimum Gasteiger partial charge on any atom is -0.376 e. The molecular weight excluding hydrogens is 298 g/mol. The van der Waals surface area contributed by atoms with Crippen LogP contribution in [-0.4, -0.2) is 19.7 Å².